The molecular formula is C11H18N2O2. The molecule has 0 fully saturated rings. The summed E-state index contributed by atoms with van der Waals surface area (Å²) in [5.41, 5.74) is 0.184. The molecule has 1 atom stereocenters. The lowest BCUT2D eigenvalue weighted by Crippen LogP contribution is -2.17. The quantitative estimate of drug-likeness (QED) is 0.798. The van der Waals surface area contributed by atoms with Crippen LogP contribution in [0.5, 0.6) is 5.88 Å². The van der Waals surface area contributed by atoms with Crippen LogP contribution in [-0.4, -0.2) is 15.1 Å². The SMILES string of the molecule is CCCc1c(O)nc(C(C)CC)[nH]c1=O. The van der Waals surface area contributed by atoms with Gasteiger partial charge < -0.3 is 10.1 Å². The van der Waals surface area contributed by atoms with E-state index in [1.807, 2.05) is 20.8 Å². The molecule has 0 aliphatic heterocycles. The lowest BCUT2D eigenvalue weighted by Gasteiger charge is -2.09. The fraction of sp³-hybridized carbons (Fsp3) is 0.636. The van der Waals surface area contributed by atoms with E-state index in [-0.39, 0.29) is 17.4 Å². The van der Waals surface area contributed by atoms with Gasteiger partial charge in [-0.15, -0.1) is 0 Å². The fourth-order valence-electron chi connectivity index (χ4n) is 1.40. The average Bonchev–Trinajstić information content (AvgIpc) is 2.22. The molecule has 0 saturated heterocycles. The first kappa shape index (κ1) is 11.8. The summed E-state index contributed by atoms with van der Waals surface area (Å²) in [5, 5.41) is 9.62. The molecule has 1 rings (SSSR count). The first-order valence-electron chi connectivity index (χ1n) is 5.42. The molecule has 0 radical (unpaired) electrons. The van der Waals surface area contributed by atoms with E-state index in [2.05, 4.69) is 9.97 Å². The topological polar surface area (TPSA) is 66.0 Å². The number of aromatic nitrogens is 2. The van der Waals surface area contributed by atoms with Crippen LogP contribution in [0.1, 0.15) is 50.9 Å². The van der Waals surface area contributed by atoms with Crippen molar-refractivity contribution in [3.63, 3.8) is 0 Å². The monoisotopic (exact) mass is 210 g/mol. The molecule has 0 saturated carbocycles. The molecule has 1 aromatic heterocycles. The molecule has 4 heteroatoms. The van der Waals surface area contributed by atoms with E-state index < -0.39 is 0 Å². The summed E-state index contributed by atoms with van der Waals surface area (Å²) in [5.74, 6) is 0.620. The standard InChI is InChI=1S/C11H18N2O2/c1-4-6-8-10(14)12-9(7(3)5-2)13-11(8)15/h7H,4-6H2,1-3H3,(H2,12,13,14,15). The third-order valence-corrected chi connectivity index (χ3v) is 2.59. The highest BCUT2D eigenvalue weighted by molar-refractivity contribution is 5.23. The predicted octanol–water partition coefficient (Wildman–Crippen LogP) is 1.94. The fourth-order valence-corrected chi connectivity index (χ4v) is 1.40. The Hall–Kier alpha value is -1.32. The molecule has 15 heavy (non-hydrogen) atoms. The van der Waals surface area contributed by atoms with Crippen LogP contribution in [0.3, 0.4) is 0 Å². The van der Waals surface area contributed by atoms with Crippen molar-refractivity contribution < 1.29 is 5.11 Å². The van der Waals surface area contributed by atoms with E-state index in [0.29, 0.717) is 17.8 Å². The normalized spacial score (nSPS) is 12.7. The van der Waals surface area contributed by atoms with Crippen molar-refractivity contribution in [1.29, 1.82) is 0 Å². The van der Waals surface area contributed by atoms with Gasteiger partial charge >= 0.3 is 0 Å². The number of nitrogens with zero attached hydrogens (tertiary/aromatic N) is 1. The van der Waals surface area contributed by atoms with Gasteiger partial charge in [0, 0.05) is 5.92 Å². The second-order valence-corrected chi connectivity index (χ2v) is 3.81. The Bertz CT molecular complexity index is 385. The summed E-state index contributed by atoms with van der Waals surface area (Å²) in [6.07, 6.45) is 2.27. The second-order valence-electron chi connectivity index (χ2n) is 3.81. The highest BCUT2D eigenvalue weighted by Crippen LogP contribution is 2.17. The van der Waals surface area contributed by atoms with E-state index in [4.69, 9.17) is 0 Å². The van der Waals surface area contributed by atoms with Crippen LogP contribution < -0.4 is 5.56 Å². The maximum absolute atomic E-state index is 11.6. The Balaban J connectivity index is 3.13. The molecule has 1 unspecified atom stereocenters. The molecule has 4 nitrogen and oxygen atoms in total. The molecular weight excluding hydrogens is 192 g/mol. The number of nitrogens with one attached hydrogen (secondary N) is 1. The molecule has 0 aliphatic rings. The molecule has 0 amide bonds. The van der Waals surface area contributed by atoms with Gasteiger partial charge in [-0.1, -0.05) is 27.2 Å². The predicted molar refractivity (Wildman–Crippen MR) is 59.2 cm³/mol. The maximum Gasteiger partial charge on any atom is 0.257 e. The van der Waals surface area contributed by atoms with Gasteiger partial charge in [0.25, 0.3) is 5.56 Å². The lowest BCUT2D eigenvalue weighted by molar-refractivity contribution is 0.435. The average molecular weight is 210 g/mol. The van der Waals surface area contributed by atoms with Crippen LogP contribution in [0.15, 0.2) is 4.79 Å². The Labute approximate surface area is 89.4 Å². The van der Waals surface area contributed by atoms with Crippen LogP contribution in [0, 0.1) is 0 Å². The summed E-state index contributed by atoms with van der Waals surface area (Å²) in [6.45, 7) is 5.94. The number of rotatable bonds is 4. The largest absolute Gasteiger partial charge is 0.493 e. The highest BCUT2D eigenvalue weighted by atomic mass is 16.3. The summed E-state index contributed by atoms with van der Waals surface area (Å²) >= 11 is 0. The van der Waals surface area contributed by atoms with E-state index in [1.54, 1.807) is 0 Å². The van der Waals surface area contributed by atoms with Gasteiger partial charge in [-0.2, -0.15) is 4.98 Å². The molecule has 0 spiro atoms. The Morgan fingerprint density at radius 1 is 1.47 bits per heavy atom. The van der Waals surface area contributed by atoms with E-state index >= 15 is 0 Å². The number of aromatic amines is 1. The second kappa shape index (κ2) is 4.96. The van der Waals surface area contributed by atoms with Crippen LogP contribution in [0.25, 0.3) is 0 Å². The van der Waals surface area contributed by atoms with Gasteiger partial charge in [0.05, 0.1) is 5.56 Å². The smallest absolute Gasteiger partial charge is 0.257 e. The summed E-state index contributed by atoms with van der Waals surface area (Å²) in [6, 6.07) is 0. The maximum atomic E-state index is 11.6. The van der Waals surface area contributed by atoms with E-state index in [9.17, 15) is 9.90 Å². The van der Waals surface area contributed by atoms with E-state index in [1.165, 1.54) is 0 Å². The van der Waals surface area contributed by atoms with Crippen LogP contribution in [0.2, 0.25) is 0 Å². The van der Waals surface area contributed by atoms with Gasteiger partial charge in [0.1, 0.15) is 5.82 Å². The van der Waals surface area contributed by atoms with Gasteiger partial charge in [0.15, 0.2) is 0 Å². The van der Waals surface area contributed by atoms with Crippen molar-refractivity contribution in [2.24, 2.45) is 0 Å². The Kier molecular flexibility index (Phi) is 3.88. The first-order chi connectivity index (χ1) is 7.10. The number of aromatic hydroxyl groups is 1. The molecule has 2 N–H and O–H groups in total. The summed E-state index contributed by atoms with van der Waals surface area (Å²) in [4.78, 5) is 18.4. The molecule has 0 bridgehead atoms. The van der Waals surface area contributed by atoms with E-state index in [0.717, 1.165) is 12.8 Å². The Morgan fingerprint density at radius 3 is 2.60 bits per heavy atom. The summed E-state index contributed by atoms with van der Waals surface area (Å²) < 4.78 is 0. The number of H-pyrrole nitrogens is 1. The minimum absolute atomic E-state index is 0.115. The lowest BCUT2D eigenvalue weighted by atomic mass is 10.1. The zero-order valence-electron chi connectivity index (χ0n) is 9.50. The third-order valence-electron chi connectivity index (χ3n) is 2.59. The zero-order valence-corrected chi connectivity index (χ0v) is 9.50. The van der Waals surface area contributed by atoms with Crippen molar-refractivity contribution in [2.45, 2.75) is 46.0 Å². The van der Waals surface area contributed by atoms with Gasteiger partial charge in [-0.05, 0) is 12.8 Å². The van der Waals surface area contributed by atoms with Crippen molar-refractivity contribution in [2.75, 3.05) is 0 Å². The van der Waals surface area contributed by atoms with Gasteiger partial charge in [-0.3, -0.25) is 4.79 Å². The molecule has 84 valence electrons. The van der Waals surface area contributed by atoms with Crippen molar-refractivity contribution in [3.05, 3.63) is 21.7 Å². The van der Waals surface area contributed by atoms with Crippen LogP contribution in [0.4, 0.5) is 0 Å². The van der Waals surface area contributed by atoms with Crippen LogP contribution >= 0.6 is 0 Å². The molecule has 1 aromatic rings. The molecule has 0 aliphatic carbocycles. The van der Waals surface area contributed by atoms with Crippen molar-refractivity contribution in [3.8, 4) is 5.88 Å². The zero-order chi connectivity index (χ0) is 11.4. The van der Waals surface area contributed by atoms with Crippen molar-refractivity contribution >= 4 is 0 Å². The Morgan fingerprint density at radius 2 is 2.13 bits per heavy atom. The third kappa shape index (κ3) is 2.58. The van der Waals surface area contributed by atoms with Gasteiger partial charge in [-0.25, -0.2) is 0 Å². The first-order valence-corrected chi connectivity index (χ1v) is 5.42. The minimum atomic E-state index is -0.209. The number of hydrogen-bond acceptors (Lipinski definition) is 3. The molecule has 0 aromatic carbocycles. The van der Waals surface area contributed by atoms with Gasteiger partial charge in [0.2, 0.25) is 5.88 Å². The number of hydrogen-bond donors (Lipinski definition) is 2. The van der Waals surface area contributed by atoms with Crippen LogP contribution in [-0.2, 0) is 6.42 Å². The van der Waals surface area contributed by atoms with Crippen molar-refractivity contribution in [1.82, 2.24) is 9.97 Å². The highest BCUT2D eigenvalue weighted by Gasteiger charge is 2.12. The molecule has 1 heterocycles. The summed E-state index contributed by atoms with van der Waals surface area (Å²) in [7, 11) is 0. The minimum Gasteiger partial charge on any atom is -0.493 e.